The highest BCUT2D eigenvalue weighted by atomic mass is 19.1. The Labute approximate surface area is 118 Å². The van der Waals surface area contributed by atoms with Crippen molar-refractivity contribution in [1.29, 1.82) is 0 Å². The summed E-state index contributed by atoms with van der Waals surface area (Å²) in [5.74, 6) is -0.375. The second kappa shape index (κ2) is 5.54. The van der Waals surface area contributed by atoms with E-state index in [0.717, 1.165) is 12.1 Å². The first kappa shape index (κ1) is 13.6. The Bertz CT molecular complexity index is 669. The second-order valence-corrected chi connectivity index (χ2v) is 4.46. The van der Waals surface area contributed by atoms with Crippen LogP contribution in [0.4, 0.5) is 10.1 Å². The average molecular weight is 294 g/mol. The lowest BCUT2D eigenvalue weighted by Gasteiger charge is -2.20. The first-order chi connectivity index (χ1) is 10.1. The van der Waals surface area contributed by atoms with E-state index in [0.29, 0.717) is 25.6 Å². The van der Waals surface area contributed by atoms with E-state index >= 15 is 0 Å². The Hall–Kier alpha value is -2.39. The number of halogens is 1. The molecule has 0 saturated carbocycles. The monoisotopic (exact) mass is 294 g/mol. The minimum absolute atomic E-state index is 0.0240. The summed E-state index contributed by atoms with van der Waals surface area (Å²) in [6.45, 7) is 1.65. The quantitative estimate of drug-likeness (QED) is 0.674. The van der Waals surface area contributed by atoms with E-state index in [9.17, 15) is 14.5 Å². The van der Waals surface area contributed by atoms with Crippen LogP contribution in [0.15, 0.2) is 22.7 Å². The van der Waals surface area contributed by atoms with Gasteiger partial charge in [0.05, 0.1) is 30.2 Å². The molecule has 1 aliphatic heterocycles. The molecule has 1 aromatic heterocycles. The van der Waals surface area contributed by atoms with Crippen molar-refractivity contribution in [2.45, 2.75) is 6.04 Å². The third-order valence-electron chi connectivity index (χ3n) is 3.06. The average Bonchev–Trinajstić information content (AvgIpc) is 2.97. The number of hydrogen-bond acceptors (Lipinski definition) is 7. The minimum atomic E-state index is -0.701. The van der Waals surface area contributed by atoms with Gasteiger partial charge in [-0.25, -0.2) is 4.39 Å². The molecule has 1 aromatic carbocycles. The summed E-state index contributed by atoms with van der Waals surface area (Å²) in [6, 6.07) is 2.95. The molecular formula is C12H11FN4O4. The third kappa shape index (κ3) is 2.73. The molecule has 1 fully saturated rings. The molecule has 1 atom stereocenters. The van der Waals surface area contributed by atoms with E-state index < -0.39 is 16.4 Å². The molecule has 1 unspecified atom stereocenters. The fourth-order valence-corrected chi connectivity index (χ4v) is 2.05. The highest BCUT2D eigenvalue weighted by molar-refractivity contribution is 5.66. The summed E-state index contributed by atoms with van der Waals surface area (Å²) in [6.07, 6.45) is 0. The van der Waals surface area contributed by atoms with Gasteiger partial charge in [-0.3, -0.25) is 10.1 Å². The van der Waals surface area contributed by atoms with Gasteiger partial charge in [0.1, 0.15) is 11.4 Å². The molecule has 110 valence electrons. The van der Waals surface area contributed by atoms with Crippen LogP contribution in [-0.2, 0) is 4.74 Å². The normalized spacial score (nSPS) is 18.6. The summed E-state index contributed by atoms with van der Waals surface area (Å²) >= 11 is 0. The maximum absolute atomic E-state index is 13.1. The van der Waals surface area contributed by atoms with Crippen molar-refractivity contribution in [3.05, 3.63) is 40.0 Å². The van der Waals surface area contributed by atoms with Gasteiger partial charge in [0, 0.05) is 6.54 Å². The Morgan fingerprint density at radius 3 is 3.05 bits per heavy atom. The number of hydrogen-bond donors (Lipinski definition) is 1. The molecule has 8 nitrogen and oxygen atoms in total. The zero-order valence-electron chi connectivity index (χ0n) is 10.8. The highest BCUT2D eigenvalue weighted by Gasteiger charge is 2.25. The number of morpholine rings is 1. The summed E-state index contributed by atoms with van der Waals surface area (Å²) < 4.78 is 23.5. The number of nitrogens with one attached hydrogen (secondary N) is 1. The number of ether oxygens (including phenoxy) is 1. The first-order valence-corrected chi connectivity index (χ1v) is 6.24. The second-order valence-electron chi connectivity index (χ2n) is 4.46. The van der Waals surface area contributed by atoms with Crippen LogP contribution in [0.5, 0.6) is 0 Å². The fraction of sp³-hybridized carbons (Fsp3) is 0.333. The van der Waals surface area contributed by atoms with Gasteiger partial charge in [0.15, 0.2) is 5.82 Å². The van der Waals surface area contributed by atoms with Crippen molar-refractivity contribution in [1.82, 2.24) is 15.5 Å². The lowest BCUT2D eigenvalue weighted by Crippen LogP contribution is -2.35. The predicted octanol–water partition coefficient (Wildman–Crippen LogP) is 1.44. The molecule has 1 N–H and O–H groups in total. The van der Waals surface area contributed by atoms with Gasteiger partial charge >= 0.3 is 0 Å². The molecule has 2 aromatic rings. The lowest BCUT2D eigenvalue weighted by atomic mass is 10.1. The maximum Gasteiger partial charge on any atom is 0.285 e. The number of benzene rings is 1. The van der Waals surface area contributed by atoms with E-state index in [4.69, 9.17) is 9.26 Å². The number of nitro benzene ring substituents is 1. The van der Waals surface area contributed by atoms with Crippen LogP contribution < -0.4 is 5.32 Å². The van der Waals surface area contributed by atoms with Gasteiger partial charge in [0.2, 0.25) is 0 Å². The lowest BCUT2D eigenvalue weighted by molar-refractivity contribution is -0.384. The Kier molecular flexibility index (Phi) is 3.59. The van der Waals surface area contributed by atoms with E-state index in [-0.39, 0.29) is 17.5 Å². The van der Waals surface area contributed by atoms with Crippen LogP contribution in [0.1, 0.15) is 11.9 Å². The molecule has 1 aliphatic rings. The number of nitro groups is 1. The fourth-order valence-electron chi connectivity index (χ4n) is 2.05. The van der Waals surface area contributed by atoms with Crippen molar-refractivity contribution >= 4 is 5.69 Å². The number of nitrogens with zero attached hydrogens (tertiary/aromatic N) is 3. The molecule has 0 amide bonds. The number of rotatable bonds is 3. The van der Waals surface area contributed by atoms with Gasteiger partial charge in [-0.2, -0.15) is 4.98 Å². The van der Waals surface area contributed by atoms with Crippen molar-refractivity contribution in [3.63, 3.8) is 0 Å². The molecular weight excluding hydrogens is 283 g/mol. The van der Waals surface area contributed by atoms with E-state index in [1.54, 1.807) is 0 Å². The van der Waals surface area contributed by atoms with Gasteiger partial charge in [-0.05, 0) is 12.1 Å². The molecule has 9 heteroatoms. The minimum Gasteiger partial charge on any atom is -0.378 e. The maximum atomic E-state index is 13.1. The van der Waals surface area contributed by atoms with Crippen molar-refractivity contribution in [3.8, 4) is 11.5 Å². The van der Waals surface area contributed by atoms with Crippen molar-refractivity contribution < 1.29 is 18.6 Å². The van der Waals surface area contributed by atoms with E-state index in [2.05, 4.69) is 15.5 Å². The Balaban J connectivity index is 1.94. The standard InChI is InChI=1S/C12H11FN4O4/c13-7-1-2-8(10(5-7)17(18)19)12-15-11(16-21-12)9-6-20-4-3-14-9/h1-2,5,9,14H,3-4,6H2. The number of aromatic nitrogens is 2. The molecule has 21 heavy (non-hydrogen) atoms. The molecule has 1 saturated heterocycles. The zero-order chi connectivity index (χ0) is 14.8. The SMILES string of the molecule is O=[N+]([O-])c1cc(F)ccc1-c1nc(C2COCCN2)no1. The van der Waals surface area contributed by atoms with Gasteiger partial charge in [0.25, 0.3) is 11.6 Å². The summed E-state index contributed by atoms with van der Waals surface area (Å²) in [5, 5.41) is 17.9. The van der Waals surface area contributed by atoms with Gasteiger partial charge < -0.3 is 14.6 Å². The first-order valence-electron chi connectivity index (χ1n) is 6.24. The Morgan fingerprint density at radius 2 is 2.33 bits per heavy atom. The molecule has 0 radical (unpaired) electrons. The van der Waals surface area contributed by atoms with Crippen LogP contribution in [0.25, 0.3) is 11.5 Å². The highest BCUT2D eigenvalue weighted by Crippen LogP contribution is 2.30. The molecule has 0 bridgehead atoms. The largest absolute Gasteiger partial charge is 0.378 e. The van der Waals surface area contributed by atoms with Crippen molar-refractivity contribution in [2.24, 2.45) is 0 Å². The van der Waals surface area contributed by atoms with Crippen LogP contribution in [0.2, 0.25) is 0 Å². The topological polar surface area (TPSA) is 103 Å². The third-order valence-corrected chi connectivity index (χ3v) is 3.06. The van der Waals surface area contributed by atoms with E-state index in [1.165, 1.54) is 6.07 Å². The smallest absolute Gasteiger partial charge is 0.285 e. The van der Waals surface area contributed by atoms with Crippen LogP contribution in [0.3, 0.4) is 0 Å². The molecule has 3 rings (SSSR count). The van der Waals surface area contributed by atoms with Crippen LogP contribution in [0, 0.1) is 15.9 Å². The van der Waals surface area contributed by atoms with Gasteiger partial charge in [-0.15, -0.1) is 0 Å². The predicted molar refractivity (Wildman–Crippen MR) is 67.9 cm³/mol. The van der Waals surface area contributed by atoms with Crippen LogP contribution in [-0.4, -0.2) is 34.8 Å². The summed E-state index contributed by atoms with van der Waals surface area (Å²) in [5.41, 5.74) is -0.338. The van der Waals surface area contributed by atoms with Crippen LogP contribution >= 0.6 is 0 Å². The molecule has 0 aliphatic carbocycles. The summed E-state index contributed by atoms with van der Waals surface area (Å²) in [7, 11) is 0. The molecule has 2 heterocycles. The van der Waals surface area contributed by atoms with E-state index in [1.807, 2.05) is 0 Å². The zero-order valence-corrected chi connectivity index (χ0v) is 10.8. The molecule has 0 spiro atoms. The summed E-state index contributed by atoms with van der Waals surface area (Å²) in [4.78, 5) is 14.4. The van der Waals surface area contributed by atoms with Gasteiger partial charge in [-0.1, -0.05) is 5.16 Å². The van der Waals surface area contributed by atoms with Crippen molar-refractivity contribution in [2.75, 3.05) is 19.8 Å². The Morgan fingerprint density at radius 1 is 1.48 bits per heavy atom.